The van der Waals surface area contributed by atoms with E-state index in [1.807, 2.05) is 7.05 Å². The molecule has 0 amide bonds. The molecule has 92 valence electrons. The number of aromatic nitrogens is 1. The van der Waals surface area contributed by atoms with Gasteiger partial charge in [0.15, 0.2) is 0 Å². The zero-order chi connectivity index (χ0) is 11.8. The molecule has 4 unspecified atom stereocenters. The second kappa shape index (κ2) is 4.35. The van der Waals surface area contributed by atoms with E-state index in [2.05, 4.69) is 10.3 Å². The number of pyridine rings is 1. The van der Waals surface area contributed by atoms with Gasteiger partial charge in [0.1, 0.15) is 5.82 Å². The third kappa shape index (κ3) is 1.96. The van der Waals surface area contributed by atoms with Crippen LogP contribution < -0.4 is 5.32 Å². The average Bonchev–Trinajstić information content (AvgIpc) is 2.92. The Balaban J connectivity index is 1.84. The van der Waals surface area contributed by atoms with Crippen molar-refractivity contribution in [2.45, 2.75) is 37.5 Å². The Morgan fingerprint density at radius 2 is 2.35 bits per heavy atom. The van der Waals surface area contributed by atoms with Crippen LogP contribution in [0.25, 0.3) is 0 Å². The molecule has 3 nitrogen and oxygen atoms in total. The largest absolute Gasteiger partial charge is 0.375 e. The van der Waals surface area contributed by atoms with Crippen molar-refractivity contribution in [3.05, 3.63) is 29.8 Å². The summed E-state index contributed by atoms with van der Waals surface area (Å²) in [5.74, 6) is 0.175. The monoisotopic (exact) mass is 236 g/mol. The molecule has 3 heterocycles. The fourth-order valence-electron chi connectivity index (χ4n) is 3.25. The average molecular weight is 236 g/mol. The van der Waals surface area contributed by atoms with Crippen LogP contribution in [0.4, 0.5) is 4.39 Å². The molecule has 0 aromatic carbocycles. The van der Waals surface area contributed by atoms with E-state index >= 15 is 0 Å². The summed E-state index contributed by atoms with van der Waals surface area (Å²) >= 11 is 0. The fraction of sp³-hybridized carbons (Fsp3) is 0.615. The summed E-state index contributed by atoms with van der Waals surface area (Å²) in [6, 6.07) is 1.72. The second-order valence-electron chi connectivity index (χ2n) is 4.98. The molecule has 0 saturated carbocycles. The molecular weight excluding hydrogens is 219 g/mol. The van der Waals surface area contributed by atoms with E-state index in [4.69, 9.17) is 4.74 Å². The second-order valence-corrected chi connectivity index (χ2v) is 4.98. The first kappa shape index (κ1) is 11.1. The summed E-state index contributed by atoms with van der Waals surface area (Å²) in [7, 11) is 1.92. The van der Waals surface area contributed by atoms with E-state index in [9.17, 15) is 4.39 Å². The minimum Gasteiger partial charge on any atom is -0.375 e. The van der Waals surface area contributed by atoms with E-state index in [1.54, 1.807) is 12.3 Å². The Morgan fingerprint density at radius 1 is 1.47 bits per heavy atom. The molecule has 0 radical (unpaired) electrons. The first-order chi connectivity index (χ1) is 8.28. The zero-order valence-electron chi connectivity index (χ0n) is 9.90. The van der Waals surface area contributed by atoms with E-state index in [1.165, 1.54) is 12.6 Å². The minimum absolute atomic E-state index is 0.147. The lowest BCUT2D eigenvalue weighted by molar-refractivity contribution is 0.0862. The molecule has 0 aliphatic carbocycles. The number of hydrogen-bond acceptors (Lipinski definition) is 3. The summed E-state index contributed by atoms with van der Waals surface area (Å²) in [5.41, 5.74) is 0.925. The van der Waals surface area contributed by atoms with Crippen molar-refractivity contribution in [1.82, 2.24) is 10.3 Å². The third-order valence-corrected chi connectivity index (χ3v) is 3.98. The molecule has 2 aliphatic heterocycles. The number of rotatable bonds is 3. The lowest BCUT2D eigenvalue weighted by Crippen LogP contribution is -2.31. The molecule has 4 heteroatoms. The highest BCUT2D eigenvalue weighted by Gasteiger charge is 2.44. The van der Waals surface area contributed by atoms with Gasteiger partial charge in [-0.1, -0.05) is 0 Å². The number of hydrogen-bond donors (Lipinski definition) is 1. The molecule has 1 aromatic rings. The first-order valence-corrected chi connectivity index (χ1v) is 6.21. The molecular formula is C13H17FN2O. The predicted octanol–water partition coefficient (Wildman–Crippen LogP) is 2.05. The van der Waals surface area contributed by atoms with Crippen molar-refractivity contribution < 1.29 is 9.13 Å². The van der Waals surface area contributed by atoms with Crippen molar-refractivity contribution in [1.29, 1.82) is 0 Å². The number of ether oxygens (including phenoxy) is 1. The Labute approximate surface area is 100 Å². The Morgan fingerprint density at radius 3 is 2.94 bits per heavy atom. The molecule has 2 bridgehead atoms. The smallest absolute Gasteiger partial charge is 0.141 e. The van der Waals surface area contributed by atoms with Gasteiger partial charge in [0.2, 0.25) is 0 Å². The summed E-state index contributed by atoms with van der Waals surface area (Å²) in [4.78, 5) is 3.93. The molecule has 2 fully saturated rings. The molecule has 1 N–H and O–H groups in total. The quantitative estimate of drug-likeness (QED) is 0.872. The van der Waals surface area contributed by atoms with Gasteiger partial charge in [-0.05, 0) is 37.9 Å². The lowest BCUT2D eigenvalue weighted by atomic mass is 9.81. The van der Waals surface area contributed by atoms with Crippen LogP contribution in [0.3, 0.4) is 0 Å². The molecule has 2 aliphatic rings. The topological polar surface area (TPSA) is 34.2 Å². The summed E-state index contributed by atoms with van der Waals surface area (Å²) < 4.78 is 19.1. The molecule has 2 saturated heterocycles. The van der Waals surface area contributed by atoms with Gasteiger partial charge < -0.3 is 10.1 Å². The van der Waals surface area contributed by atoms with Crippen molar-refractivity contribution in [2.24, 2.45) is 5.92 Å². The van der Waals surface area contributed by atoms with Crippen LogP contribution in [0.5, 0.6) is 0 Å². The molecule has 4 atom stereocenters. The Hall–Kier alpha value is -1.00. The molecule has 1 aromatic heterocycles. The van der Waals surface area contributed by atoms with Gasteiger partial charge in [0.05, 0.1) is 18.4 Å². The van der Waals surface area contributed by atoms with E-state index in [0.29, 0.717) is 18.1 Å². The number of nitrogens with zero attached hydrogens (tertiary/aromatic N) is 1. The van der Waals surface area contributed by atoms with Gasteiger partial charge in [0.25, 0.3) is 0 Å². The molecule has 3 rings (SSSR count). The van der Waals surface area contributed by atoms with Crippen LogP contribution in [-0.2, 0) is 4.74 Å². The van der Waals surface area contributed by atoms with Crippen LogP contribution in [-0.4, -0.2) is 24.2 Å². The van der Waals surface area contributed by atoms with Gasteiger partial charge in [-0.15, -0.1) is 0 Å². The first-order valence-electron chi connectivity index (χ1n) is 6.21. The fourth-order valence-corrected chi connectivity index (χ4v) is 3.25. The normalized spacial score (nSPS) is 32.9. The van der Waals surface area contributed by atoms with Crippen LogP contribution in [0.1, 0.15) is 30.9 Å². The van der Waals surface area contributed by atoms with E-state index in [0.717, 1.165) is 18.4 Å². The number of fused-ring (bicyclic) bond motifs is 2. The van der Waals surface area contributed by atoms with Crippen LogP contribution >= 0.6 is 0 Å². The van der Waals surface area contributed by atoms with Gasteiger partial charge in [-0.25, -0.2) is 4.39 Å². The summed E-state index contributed by atoms with van der Waals surface area (Å²) in [5, 5.41) is 3.29. The van der Waals surface area contributed by atoms with Crippen LogP contribution in [0, 0.1) is 11.7 Å². The van der Waals surface area contributed by atoms with Gasteiger partial charge in [0, 0.05) is 18.2 Å². The minimum atomic E-state index is -0.271. The number of halogens is 1. The van der Waals surface area contributed by atoms with Crippen molar-refractivity contribution in [2.75, 3.05) is 7.05 Å². The van der Waals surface area contributed by atoms with Crippen LogP contribution in [0.15, 0.2) is 18.5 Å². The summed E-state index contributed by atoms with van der Waals surface area (Å²) in [6.07, 6.45) is 7.13. The highest BCUT2D eigenvalue weighted by Crippen LogP contribution is 2.44. The van der Waals surface area contributed by atoms with Gasteiger partial charge in [-0.2, -0.15) is 0 Å². The van der Waals surface area contributed by atoms with Gasteiger partial charge in [-0.3, -0.25) is 4.98 Å². The maximum Gasteiger partial charge on any atom is 0.141 e. The van der Waals surface area contributed by atoms with Gasteiger partial charge >= 0.3 is 0 Å². The van der Waals surface area contributed by atoms with Crippen molar-refractivity contribution >= 4 is 0 Å². The highest BCUT2D eigenvalue weighted by molar-refractivity contribution is 5.18. The molecule has 17 heavy (non-hydrogen) atoms. The highest BCUT2D eigenvalue weighted by atomic mass is 19.1. The van der Waals surface area contributed by atoms with E-state index < -0.39 is 0 Å². The van der Waals surface area contributed by atoms with Crippen molar-refractivity contribution in [3.63, 3.8) is 0 Å². The Bertz CT molecular complexity index is 412. The summed E-state index contributed by atoms with van der Waals surface area (Å²) in [6.45, 7) is 0. The Kier molecular flexibility index (Phi) is 2.84. The van der Waals surface area contributed by atoms with E-state index in [-0.39, 0.29) is 11.9 Å². The van der Waals surface area contributed by atoms with Crippen LogP contribution in [0.2, 0.25) is 0 Å². The molecule has 0 spiro atoms. The number of nitrogens with one attached hydrogen (secondary N) is 1. The maximum absolute atomic E-state index is 13.2. The van der Waals surface area contributed by atoms with Crippen molar-refractivity contribution in [3.8, 4) is 0 Å². The third-order valence-electron chi connectivity index (χ3n) is 3.98. The predicted molar refractivity (Wildman–Crippen MR) is 62.0 cm³/mol. The SMILES string of the molecule is CNC(c1cncc(F)c1)C1CC2CCC1O2. The maximum atomic E-state index is 13.2. The lowest BCUT2D eigenvalue weighted by Gasteiger charge is -2.28. The zero-order valence-corrected chi connectivity index (χ0v) is 9.90. The standard InChI is InChI=1S/C13H17FN2O/c1-15-13(8-4-9(14)7-16-6-8)11-5-10-2-3-12(11)17-10/h4,6-7,10-13,15H,2-3,5H2,1H3.